The van der Waals surface area contributed by atoms with E-state index in [4.69, 9.17) is 9.47 Å². The molecule has 4 heteroatoms. The summed E-state index contributed by atoms with van der Waals surface area (Å²) in [6, 6.07) is 0. The number of nitrogens with zero attached hydrogens (tertiary/aromatic N) is 2. The summed E-state index contributed by atoms with van der Waals surface area (Å²) in [6.45, 7) is 3.15. The highest BCUT2D eigenvalue weighted by Gasteiger charge is 1.95. The minimum absolute atomic E-state index is 0.273. The van der Waals surface area contributed by atoms with Crippen LogP contribution in [0.15, 0.2) is 12.4 Å². The molecule has 62 valence electrons. The number of aryl methyl sites for hydroxylation is 1. The maximum atomic E-state index is 5.13. The van der Waals surface area contributed by atoms with E-state index in [2.05, 4.69) is 5.10 Å². The molecule has 0 amide bonds. The van der Waals surface area contributed by atoms with Crippen LogP contribution in [0.25, 0.3) is 0 Å². The third-order valence-corrected chi connectivity index (χ3v) is 1.28. The van der Waals surface area contributed by atoms with Crippen molar-refractivity contribution in [1.29, 1.82) is 0 Å². The Morgan fingerprint density at radius 3 is 3.00 bits per heavy atom. The van der Waals surface area contributed by atoms with Crippen molar-refractivity contribution >= 4 is 0 Å². The molecule has 11 heavy (non-hydrogen) atoms. The van der Waals surface area contributed by atoms with Crippen LogP contribution in [-0.4, -0.2) is 23.7 Å². The smallest absolute Gasteiger partial charge is 0.188 e. The fourth-order valence-electron chi connectivity index (χ4n) is 0.719. The van der Waals surface area contributed by atoms with E-state index in [0.717, 1.165) is 12.3 Å². The molecule has 1 aromatic rings. The van der Waals surface area contributed by atoms with Gasteiger partial charge in [-0.05, 0) is 6.92 Å². The Morgan fingerprint density at radius 1 is 1.64 bits per heavy atom. The lowest BCUT2D eigenvalue weighted by atomic mass is 10.6. The summed E-state index contributed by atoms with van der Waals surface area (Å²) in [4.78, 5) is 0. The summed E-state index contributed by atoms with van der Waals surface area (Å²) in [5, 5.41) is 4.02. The third kappa shape index (κ3) is 2.23. The van der Waals surface area contributed by atoms with Crippen LogP contribution in [0.2, 0.25) is 0 Å². The van der Waals surface area contributed by atoms with Gasteiger partial charge in [0.25, 0.3) is 0 Å². The number of hydrogen-bond donors (Lipinski definition) is 0. The molecule has 0 radical (unpaired) electrons. The minimum atomic E-state index is 0.273. The number of hydrogen-bond acceptors (Lipinski definition) is 3. The average molecular weight is 156 g/mol. The summed E-state index contributed by atoms with van der Waals surface area (Å²) in [5.74, 6) is 0.744. The molecule has 0 fully saturated rings. The second-order valence-electron chi connectivity index (χ2n) is 2.08. The highest BCUT2D eigenvalue weighted by atomic mass is 16.7. The van der Waals surface area contributed by atoms with Gasteiger partial charge < -0.3 is 9.47 Å². The molecular weight excluding hydrogens is 144 g/mol. The van der Waals surface area contributed by atoms with Crippen LogP contribution in [0.3, 0.4) is 0 Å². The first-order chi connectivity index (χ1) is 5.36. The van der Waals surface area contributed by atoms with Crippen molar-refractivity contribution in [3.05, 3.63) is 12.4 Å². The van der Waals surface area contributed by atoms with Gasteiger partial charge in [-0.1, -0.05) is 0 Å². The second kappa shape index (κ2) is 3.98. The van der Waals surface area contributed by atoms with Gasteiger partial charge in [-0.2, -0.15) is 5.10 Å². The topological polar surface area (TPSA) is 36.3 Å². The van der Waals surface area contributed by atoms with Crippen molar-refractivity contribution < 1.29 is 9.47 Å². The lowest BCUT2D eigenvalue weighted by Crippen LogP contribution is -1.97. The Bertz CT molecular complexity index is 210. The van der Waals surface area contributed by atoms with Gasteiger partial charge in [-0.15, -0.1) is 0 Å². The standard InChI is InChI=1S/C7H12N2O2/c1-3-9-5-7(4-8-9)11-6-10-2/h4-5H,3,6H2,1-2H3. The molecule has 0 unspecified atom stereocenters. The Morgan fingerprint density at radius 2 is 2.45 bits per heavy atom. The lowest BCUT2D eigenvalue weighted by molar-refractivity contribution is 0.0510. The summed E-state index contributed by atoms with van der Waals surface area (Å²) in [5.41, 5.74) is 0. The molecule has 0 spiro atoms. The van der Waals surface area contributed by atoms with Crippen LogP contribution in [-0.2, 0) is 11.3 Å². The van der Waals surface area contributed by atoms with Gasteiger partial charge >= 0.3 is 0 Å². The molecule has 0 aliphatic rings. The first-order valence-electron chi connectivity index (χ1n) is 3.51. The Kier molecular flexibility index (Phi) is 2.92. The van der Waals surface area contributed by atoms with Crippen LogP contribution in [0.4, 0.5) is 0 Å². The summed E-state index contributed by atoms with van der Waals surface area (Å²) < 4.78 is 11.7. The minimum Gasteiger partial charge on any atom is -0.464 e. The van der Waals surface area contributed by atoms with E-state index in [1.165, 1.54) is 0 Å². The molecule has 0 aromatic carbocycles. The predicted molar refractivity (Wildman–Crippen MR) is 40.4 cm³/mol. The van der Waals surface area contributed by atoms with Crippen molar-refractivity contribution in [2.45, 2.75) is 13.5 Å². The highest BCUT2D eigenvalue weighted by Crippen LogP contribution is 2.07. The highest BCUT2D eigenvalue weighted by molar-refractivity contribution is 5.11. The Hall–Kier alpha value is -1.03. The van der Waals surface area contributed by atoms with Crippen LogP contribution in [0.1, 0.15) is 6.92 Å². The van der Waals surface area contributed by atoms with Crippen LogP contribution in [0, 0.1) is 0 Å². The van der Waals surface area contributed by atoms with Gasteiger partial charge in [0.2, 0.25) is 0 Å². The number of ether oxygens (including phenoxy) is 2. The van der Waals surface area contributed by atoms with E-state index in [1.54, 1.807) is 18.0 Å². The zero-order chi connectivity index (χ0) is 8.10. The van der Waals surface area contributed by atoms with Crippen molar-refractivity contribution in [2.24, 2.45) is 0 Å². The largest absolute Gasteiger partial charge is 0.464 e. The molecule has 0 aliphatic carbocycles. The van der Waals surface area contributed by atoms with Crippen molar-refractivity contribution in [3.8, 4) is 5.75 Å². The van der Waals surface area contributed by atoms with Crippen LogP contribution in [0.5, 0.6) is 5.75 Å². The van der Waals surface area contributed by atoms with Gasteiger partial charge in [0.15, 0.2) is 12.5 Å². The summed E-state index contributed by atoms with van der Waals surface area (Å²) in [7, 11) is 1.59. The summed E-state index contributed by atoms with van der Waals surface area (Å²) in [6.07, 6.45) is 3.50. The quantitative estimate of drug-likeness (QED) is 0.607. The van der Waals surface area contributed by atoms with Gasteiger partial charge in [0.05, 0.1) is 12.4 Å². The van der Waals surface area contributed by atoms with Gasteiger partial charge in [0, 0.05) is 13.7 Å². The molecule has 1 rings (SSSR count). The average Bonchev–Trinajstić information content (AvgIpc) is 2.48. The molecule has 0 aliphatic heterocycles. The van der Waals surface area contributed by atoms with E-state index < -0.39 is 0 Å². The zero-order valence-electron chi connectivity index (χ0n) is 6.78. The van der Waals surface area contributed by atoms with Gasteiger partial charge in [-0.3, -0.25) is 4.68 Å². The maximum Gasteiger partial charge on any atom is 0.188 e. The molecule has 4 nitrogen and oxygen atoms in total. The first-order valence-corrected chi connectivity index (χ1v) is 3.51. The summed E-state index contributed by atoms with van der Waals surface area (Å²) >= 11 is 0. The lowest BCUT2D eigenvalue weighted by Gasteiger charge is -1.98. The van der Waals surface area contributed by atoms with Crippen molar-refractivity contribution in [1.82, 2.24) is 9.78 Å². The molecule has 1 heterocycles. The first kappa shape index (κ1) is 8.07. The number of rotatable bonds is 4. The SMILES string of the molecule is CCn1cc(OCOC)cn1. The number of aromatic nitrogens is 2. The van der Waals surface area contributed by atoms with Crippen LogP contribution >= 0.6 is 0 Å². The van der Waals surface area contributed by atoms with E-state index in [-0.39, 0.29) is 6.79 Å². The van der Waals surface area contributed by atoms with Gasteiger partial charge in [0.1, 0.15) is 0 Å². The Balaban J connectivity index is 2.44. The number of methoxy groups -OCH3 is 1. The fraction of sp³-hybridized carbons (Fsp3) is 0.571. The molecule has 0 saturated heterocycles. The van der Waals surface area contributed by atoms with Crippen LogP contribution < -0.4 is 4.74 Å². The van der Waals surface area contributed by atoms with Gasteiger partial charge in [-0.25, -0.2) is 0 Å². The monoisotopic (exact) mass is 156 g/mol. The third-order valence-electron chi connectivity index (χ3n) is 1.28. The molecule has 0 bridgehead atoms. The van der Waals surface area contributed by atoms with E-state index >= 15 is 0 Å². The van der Waals surface area contributed by atoms with E-state index in [9.17, 15) is 0 Å². The van der Waals surface area contributed by atoms with Crippen molar-refractivity contribution in [2.75, 3.05) is 13.9 Å². The normalized spacial score (nSPS) is 10.0. The fourth-order valence-corrected chi connectivity index (χ4v) is 0.719. The molecule has 1 aromatic heterocycles. The molecular formula is C7H12N2O2. The predicted octanol–water partition coefficient (Wildman–Crippen LogP) is 0.886. The van der Waals surface area contributed by atoms with Crippen molar-refractivity contribution in [3.63, 3.8) is 0 Å². The zero-order valence-corrected chi connectivity index (χ0v) is 6.78. The van der Waals surface area contributed by atoms with E-state index in [1.807, 2.05) is 13.1 Å². The maximum absolute atomic E-state index is 5.13. The Labute approximate surface area is 65.7 Å². The van der Waals surface area contributed by atoms with E-state index in [0.29, 0.717) is 0 Å². The second-order valence-corrected chi connectivity index (χ2v) is 2.08. The molecule has 0 saturated carbocycles. The molecule has 0 N–H and O–H groups in total. The molecule has 0 atom stereocenters.